The molecule has 0 radical (unpaired) electrons. The molecule has 24 heavy (non-hydrogen) atoms. The van der Waals surface area contributed by atoms with E-state index in [-0.39, 0.29) is 11.8 Å². The molecule has 0 saturated heterocycles. The Hall–Kier alpha value is -2.20. The summed E-state index contributed by atoms with van der Waals surface area (Å²) in [5.41, 5.74) is 2.69. The first-order valence-corrected chi connectivity index (χ1v) is 8.49. The number of benzene rings is 2. The normalized spacial score (nSPS) is 16.3. The molecule has 0 unspecified atom stereocenters. The lowest BCUT2D eigenvalue weighted by molar-refractivity contribution is -0.116. The quantitative estimate of drug-likeness (QED) is 0.860. The standard InChI is InChI=1S/C19H20ClNO3/c1-3-23-17-9-14-13(12-7-5-6-8-15(12)20)10-19(22)21-16(14)11-18(17)24-4-2/h5-9,11,13H,3-4,10H2,1-2H3,(H,21,22)/t13-/m1/s1. The molecule has 1 aliphatic rings. The fourth-order valence-corrected chi connectivity index (χ4v) is 3.31. The minimum atomic E-state index is -0.0997. The van der Waals surface area contributed by atoms with Crippen LogP contribution in [-0.2, 0) is 4.79 Å². The van der Waals surface area contributed by atoms with Gasteiger partial charge in [-0.1, -0.05) is 29.8 Å². The number of nitrogens with one attached hydrogen (secondary N) is 1. The minimum absolute atomic E-state index is 0.0287. The smallest absolute Gasteiger partial charge is 0.225 e. The average Bonchev–Trinajstić information content (AvgIpc) is 2.56. The van der Waals surface area contributed by atoms with Crippen LogP contribution in [0.5, 0.6) is 11.5 Å². The fraction of sp³-hybridized carbons (Fsp3) is 0.316. The molecule has 1 aliphatic heterocycles. The SMILES string of the molecule is CCOc1cc2c(cc1OCC)[C@@H](c1ccccc1Cl)CC(=O)N2. The largest absolute Gasteiger partial charge is 0.490 e. The third-order valence-electron chi connectivity index (χ3n) is 4.04. The van der Waals surface area contributed by atoms with E-state index in [0.29, 0.717) is 36.2 Å². The van der Waals surface area contributed by atoms with Crippen molar-refractivity contribution < 1.29 is 14.3 Å². The highest BCUT2D eigenvalue weighted by atomic mass is 35.5. The van der Waals surface area contributed by atoms with Gasteiger partial charge in [0.15, 0.2) is 11.5 Å². The summed E-state index contributed by atoms with van der Waals surface area (Å²) >= 11 is 6.37. The van der Waals surface area contributed by atoms with Gasteiger partial charge in [0.25, 0.3) is 0 Å². The van der Waals surface area contributed by atoms with Crippen LogP contribution in [0.15, 0.2) is 36.4 Å². The van der Waals surface area contributed by atoms with Crippen LogP contribution in [0.4, 0.5) is 5.69 Å². The Bertz CT molecular complexity index is 760. The van der Waals surface area contributed by atoms with Gasteiger partial charge >= 0.3 is 0 Å². The van der Waals surface area contributed by atoms with Crippen molar-refractivity contribution in [3.8, 4) is 11.5 Å². The lowest BCUT2D eigenvalue weighted by atomic mass is 9.84. The second-order valence-electron chi connectivity index (χ2n) is 5.58. The van der Waals surface area contributed by atoms with Crippen molar-refractivity contribution in [1.29, 1.82) is 0 Å². The molecule has 0 spiro atoms. The molecule has 0 aromatic heterocycles. The molecule has 3 rings (SSSR count). The van der Waals surface area contributed by atoms with Crippen LogP contribution in [0.25, 0.3) is 0 Å². The third kappa shape index (κ3) is 3.20. The van der Waals surface area contributed by atoms with Crippen LogP contribution >= 0.6 is 11.6 Å². The Kier molecular flexibility index (Phi) is 4.95. The van der Waals surface area contributed by atoms with Crippen LogP contribution in [0.3, 0.4) is 0 Å². The van der Waals surface area contributed by atoms with Crippen LogP contribution in [0, 0.1) is 0 Å². The molecule has 1 amide bonds. The highest BCUT2D eigenvalue weighted by Crippen LogP contribution is 2.44. The van der Waals surface area contributed by atoms with Gasteiger partial charge in [-0.2, -0.15) is 0 Å². The number of rotatable bonds is 5. The molecule has 0 aliphatic carbocycles. The van der Waals surface area contributed by atoms with Crippen molar-refractivity contribution in [3.63, 3.8) is 0 Å². The Labute approximate surface area is 146 Å². The zero-order chi connectivity index (χ0) is 17.1. The maximum atomic E-state index is 12.2. The van der Waals surface area contributed by atoms with E-state index in [0.717, 1.165) is 16.8 Å². The molecule has 0 fully saturated rings. The van der Waals surface area contributed by atoms with E-state index in [2.05, 4.69) is 5.32 Å². The van der Waals surface area contributed by atoms with Crippen molar-refractivity contribution in [2.45, 2.75) is 26.2 Å². The summed E-state index contributed by atoms with van der Waals surface area (Å²) in [5, 5.41) is 3.59. The van der Waals surface area contributed by atoms with Crippen molar-refractivity contribution in [3.05, 3.63) is 52.5 Å². The second kappa shape index (κ2) is 7.14. The molecule has 2 aromatic carbocycles. The monoisotopic (exact) mass is 345 g/mol. The van der Waals surface area contributed by atoms with Gasteiger partial charge < -0.3 is 14.8 Å². The van der Waals surface area contributed by atoms with E-state index in [1.165, 1.54) is 0 Å². The highest BCUT2D eigenvalue weighted by molar-refractivity contribution is 6.31. The van der Waals surface area contributed by atoms with Gasteiger partial charge in [-0.3, -0.25) is 4.79 Å². The topological polar surface area (TPSA) is 47.6 Å². The van der Waals surface area contributed by atoms with Crippen LogP contribution in [0.2, 0.25) is 5.02 Å². The maximum absolute atomic E-state index is 12.2. The Balaban J connectivity index is 2.12. The first-order valence-electron chi connectivity index (χ1n) is 8.11. The van der Waals surface area contributed by atoms with Crippen molar-refractivity contribution in [2.75, 3.05) is 18.5 Å². The van der Waals surface area contributed by atoms with Crippen molar-refractivity contribution >= 4 is 23.2 Å². The summed E-state index contributed by atoms with van der Waals surface area (Å²) < 4.78 is 11.4. The van der Waals surface area contributed by atoms with Crippen LogP contribution in [-0.4, -0.2) is 19.1 Å². The van der Waals surface area contributed by atoms with E-state index in [4.69, 9.17) is 21.1 Å². The predicted molar refractivity (Wildman–Crippen MR) is 95.3 cm³/mol. The molecule has 4 nitrogen and oxygen atoms in total. The van der Waals surface area contributed by atoms with Crippen molar-refractivity contribution in [2.24, 2.45) is 0 Å². The predicted octanol–water partition coefficient (Wildman–Crippen LogP) is 4.61. The lowest BCUT2D eigenvalue weighted by Crippen LogP contribution is -2.24. The average molecular weight is 346 g/mol. The number of halogens is 1. The number of hydrogen-bond acceptors (Lipinski definition) is 3. The first-order chi connectivity index (χ1) is 11.6. The zero-order valence-corrected chi connectivity index (χ0v) is 14.5. The van der Waals surface area contributed by atoms with Crippen LogP contribution < -0.4 is 14.8 Å². The van der Waals surface area contributed by atoms with E-state index < -0.39 is 0 Å². The van der Waals surface area contributed by atoms with Crippen LogP contribution in [0.1, 0.15) is 37.3 Å². The molecule has 2 aromatic rings. The van der Waals surface area contributed by atoms with E-state index in [1.54, 1.807) is 0 Å². The van der Waals surface area contributed by atoms with E-state index in [1.807, 2.05) is 50.2 Å². The summed E-state index contributed by atoms with van der Waals surface area (Å²) in [4.78, 5) is 12.2. The molecule has 0 saturated carbocycles. The summed E-state index contributed by atoms with van der Waals surface area (Å²) in [5.74, 6) is 1.20. The Morgan fingerprint density at radius 2 is 1.75 bits per heavy atom. The number of fused-ring (bicyclic) bond motifs is 1. The fourth-order valence-electron chi connectivity index (χ4n) is 3.04. The van der Waals surface area contributed by atoms with Gasteiger partial charge in [0.1, 0.15) is 0 Å². The summed E-state index contributed by atoms with van der Waals surface area (Å²) in [7, 11) is 0. The highest BCUT2D eigenvalue weighted by Gasteiger charge is 2.29. The third-order valence-corrected chi connectivity index (χ3v) is 4.38. The Morgan fingerprint density at radius 1 is 1.08 bits per heavy atom. The molecule has 0 bridgehead atoms. The maximum Gasteiger partial charge on any atom is 0.225 e. The molecule has 126 valence electrons. The number of carbonyl (C=O) groups is 1. The zero-order valence-electron chi connectivity index (χ0n) is 13.8. The molecule has 1 heterocycles. The van der Waals surface area contributed by atoms with Gasteiger partial charge in [-0.15, -0.1) is 0 Å². The molecular weight excluding hydrogens is 326 g/mol. The van der Waals surface area contributed by atoms with Crippen molar-refractivity contribution in [1.82, 2.24) is 0 Å². The number of hydrogen-bond donors (Lipinski definition) is 1. The van der Waals surface area contributed by atoms with E-state index >= 15 is 0 Å². The number of amides is 1. The summed E-state index contributed by atoms with van der Waals surface area (Å²) in [6, 6.07) is 11.4. The molecule has 5 heteroatoms. The minimum Gasteiger partial charge on any atom is -0.490 e. The van der Waals surface area contributed by atoms with E-state index in [9.17, 15) is 4.79 Å². The van der Waals surface area contributed by atoms with Gasteiger partial charge in [0.05, 0.1) is 13.2 Å². The first kappa shape index (κ1) is 16.7. The Morgan fingerprint density at radius 3 is 2.42 bits per heavy atom. The second-order valence-corrected chi connectivity index (χ2v) is 5.99. The summed E-state index contributed by atoms with van der Waals surface area (Å²) in [6.07, 6.45) is 0.357. The molecule has 1 N–H and O–H groups in total. The lowest BCUT2D eigenvalue weighted by Gasteiger charge is -2.28. The number of carbonyl (C=O) groups excluding carboxylic acids is 1. The number of anilines is 1. The van der Waals surface area contributed by atoms with Gasteiger partial charge in [-0.25, -0.2) is 0 Å². The van der Waals surface area contributed by atoms with Gasteiger partial charge in [-0.05, 0) is 37.1 Å². The van der Waals surface area contributed by atoms with Gasteiger partial charge in [0, 0.05) is 29.1 Å². The summed E-state index contributed by atoms with van der Waals surface area (Å²) in [6.45, 7) is 4.92. The molecular formula is C19H20ClNO3. The molecule has 1 atom stereocenters. The number of ether oxygens (including phenoxy) is 2. The van der Waals surface area contributed by atoms with Gasteiger partial charge in [0.2, 0.25) is 5.91 Å².